The van der Waals surface area contributed by atoms with Crippen molar-refractivity contribution in [3.63, 3.8) is 0 Å². The van der Waals surface area contributed by atoms with Gasteiger partial charge in [0.05, 0.1) is 17.7 Å². The Kier molecular flexibility index (Phi) is 17.9. The van der Waals surface area contributed by atoms with Crippen molar-refractivity contribution in [2.45, 2.75) is 154 Å². The van der Waals surface area contributed by atoms with Crippen molar-refractivity contribution in [3.8, 4) is 0 Å². The highest BCUT2D eigenvalue weighted by molar-refractivity contribution is 6.03. The summed E-state index contributed by atoms with van der Waals surface area (Å²) in [6.07, 6.45) is 9.60. The van der Waals surface area contributed by atoms with Crippen LogP contribution in [0.4, 0.5) is 0 Å². The topological polar surface area (TPSA) is 192 Å². The van der Waals surface area contributed by atoms with Crippen molar-refractivity contribution in [2.75, 3.05) is 14.2 Å². The van der Waals surface area contributed by atoms with Crippen molar-refractivity contribution in [1.82, 2.24) is 0 Å². The molecule has 14 heteroatoms. The number of esters is 2. The second-order valence-electron chi connectivity index (χ2n) is 12.7. The Bertz CT molecular complexity index is 1190. The fraction of sp³-hybridized carbons (Fsp3) is 0.743. The van der Waals surface area contributed by atoms with E-state index >= 15 is 0 Å². The lowest BCUT2D eigenvalue weighted by atomic mass is 9.97. The number of carbonyl (C=O) groups is 3. The molecule has 0 saturated heterocycles. The van der Waals surface area contributed by atoms with E-state index in [1.54, 1.807) is 6.08 Å². The number of allylic oxidation sites excluding steroid dienone is 2. The molecule has 0 aromatic heterocycles. The first-order chi connectivity index (χ1) is 23.3. The molecular weight excluding hydrogens is 640 g/mol. The summed E-state index contributed by atoms with van der Waals surface area (Å²) in [7, 11) is 2.65. The van der Waals surface area contributed by atoms with E-state index in [4.69, 9.17) is 28.4 Å². The number of ether oxygens (including phenoxy) is 6. The highest BCUT2D eigenvalue weighted by Gasteiger charge is 2.46. The molecule has 0 aromatic rings. The molecule has 0 aliphatic carbocycles. The molecule has 0 bridgehead atoms. The minimum atomic E-state index is -2.14. The molecule has 2 aliphatic rings. The quantitative estimate of drug-likeness (QED) is 0.0588. The first-order valence-electron chi connectivity index (χ1n) is 17.3. The van der Waals surface area contributed by atoms with E-state index in [9.17, 15) is 29.7 Å². The summed E-state index contributed by atoms with van der Waals surface area (Å²) in [5.41, 5.74) is 0.598. The molecule has 0 radical (unpaired) electrons. The number of unbranched alkanes of at least 4 members (excludes halogenated alkanes) is 8. The monoisotopic (exact) mass is 696 g/mol. The van der Waals surface area contributed by atoms with Crippen LogP contribution in [0.15, 0.2) is 34.4 Å². The summed E-state index contributed by atoms with van der Waals surface area (Å²) >= 11 is 0. The second kappa shape index (κ2) is 21.0. The minimum Gasteiger partial charge on any atom is -0.495 e. The molecule has 2 unspecified atom stereocenters. The van der Waals surface area contributed by atoms with Gasteiger partial charge in [-0.3, -0.25) is 9.59 Å². The average molecular weight is 697 g/mol. The van der Waals surface area contributed by atoms with Crippen LogP contribution in [0.2, 0.25) is 0 Å². The number of methoxy groups -OCH3 is 2. The minimum absolute atomic E-state index is 0.0375. The number of nitrogens with zero attached hydrogens (tertiary/aromatic N) is 2. The van der Waals surface area contributed by atoms with Crippen LogP contribution >= 0.6 is 0 Å². The summed E-state index contributed by atoms with van der Waals surface area (Å²) in [6, 6.07) is 0. The molecular formula is C35H56N2O12. The average Bonchev–Trinajstić information content (AvgIpc) is 3.03. The van der Waals surface area contributed by atoms with Crippen LogP contribution in [-0.2, 0) is 42.8 Å². The van der Waals surface area contributed by atoms with Gasteiger partial charge < -0.3 is 43.7 Å². The van der Waals surface area contributed by atoms with E-state index in [1.807, 2.05) is 0 Å². The molecule has 49 heavy (non-hydrogen) atoms. The number of hydrogen-bond donors (Lipinski definition) is 3. The largest absolute Gasteiger partial charge is 0.495 e. The zero-order valence-electron chi connectivity index (χ0n) is 29.9. The van der Waals surface area contributed by atoms with Crippen molar-refractivity contribution < 1.29 is 58.1 Å². The third kappa shape index (κ3) is 14.2. The molecule has 0 fully saturated rings. The summed E-state index contributed by atoms with van der Waals surface area (Å²) in [5, 5.41) is 40.4. The van der Waals surface area contributed by atoms with Gasteiger partial charge in [-0.1, -0.05) is 65.2 Å². The van der Waals surface area contributed by atoms with Gasteiger partial charge in [0.1, 0.15) is 12.2 Å². The number of carbonyl (C=O) groups excluding carboxylic acids is 2. The highest BCUT2D eigenvalue weighted by Crippen LogP contribution is 2.29. The van der Waals surface area contributed by atoms with Crippen LogP contribution in [0.1, 0.15) is 118 Å². The van der Waals surface area contributed by atoms with Crippen LogP contribution in [0.5, 0.6) is 0 Å². The van der Waals surface area contributed by atoms with Crippen molar-refractivity contribution in [2.24, 2.45) is 10.2 Å². The van der Waals surface area contributed by atoms with Crippen LogP contribution in [-0.4, -0.2) is 94.9 Å². The number of aliphatic hydroxyl groups is 2. The lowest BCUT2D eigenvalue weighted by molar-refractivity contribution is -0.261. The third-order valence-electron chi connectivity index (χ3n) is 8.28. The maximum Gasteiger partial charge on any atom is 0.371 e. The Morgan fingerprint density at radius 1 is 0.796 bits per heavy atom. The standard InChI is InChI=1S/C35H56N2O12/c1-7-9-11-13-15-17-29(38)48-34(3,42)31(44-5)26-21-24(19-20-46-26)36-37-25-22-27(47-28(23-25)33(40)41)32(45-6)35(4,43)49-30(39)18-16-14-12-10-8-2/h19-20,23,26-27,31-32,42-43H,7-18,21-22H2,1-6H3,(H,40,41)/b36-24+,37-25-/t26?,27?,31-,32-,34-,35-/m1/s1. The molecule has 278 valence electrons. The number of carboxylic acid groups (broad SMARTS) is 1. The van der Waals surface area contributed by atoms with E-state index in [0.29, 0.717) is 18.6 Å². The third-order valence-corrected chi connectivity index (χ3v) is 8.28. The van der Waals surface area contributed by atoms with Gasteiger partial charge in [0.25, 0.3) is 0 Å². The molecule has 2 heterocycles. The maximum absolute atomic E-state index is 12.5. The fourth-order valence-electron chi connectivity index (χ4n) is 5.78. The first kappa shape index (κ1) is 41.8. The SMILES string of the molecule is CCCCCCCC(=O)O[C@@](C)(O)[C@H](OC)C1C/C(=N/N=C2\C=C(C(=O)O)OC([C@@H](OC)[C@](C)(O)OC(=O)CCCCCCC)C2)C=CO1. The molecule has 6 atom stereocenters. The normalized spacial score (nSPS) is 23.0. The van der Waals surface area contributed by atoms with Crippen molar-refractivity contribution >= 4 is 29.3 Å². The number of carboxylic acids is 1. The Balaban J connectivity index is 2.14. The molecule has 0 spiro atoms. The predicted octanol–water partition coefficient (Wildman–Crippen LogP) is 5.10. The van der Waals surface area contributed by atoms with Crippen LogP contribution in [0.3, 0.4) is 0 Å². The summed E-state index contributed by atoms with van der Waals surface area (Å²) in [6.45, 7) is 6.80. The Morgan fingerprint density at radius 2 is 1.27 bits per heavy atom. The lowest BCUT2D eigenvalue weighted by Gasteiger charge is -2.37. The molecule has 3 N–H and O–H groups in total. The molecule has 14 nitrogen and oxygen atoms in total. The van der Waals surface area contributed by atoms with Gasteiger partial charge in [-0.25, -0.2) is 4.79 Å². The lowest BCUT2D eigenvalue weighted by Crippen LogP contribution is -2.53. The van der Waals surface area contributed by atoms with Crippen molar-refractivity contribution in [1.29, 1.82) is 0 Å². The molecule has 2 aliphatic heterocycles. The van der Waals surface area contributed by atoms with Crippen molar-refractivity contribution in [3.05, 3.63) is 24.2 Å². The molecule has 2 rings (SSSR count). The van der Waals surface area contributed by atoms with Crippen LogP contribution in [0.25, 0.3) is 0 Å². The summed E-state index contributed by atoms with van der Waals surface area (Å²) in [5.74, 6) is -7.14. The van der Waals surface area contributed by atoms with Crippen LogP contribution < -0.4 is 0 Å². The molecule has 0 saturated carbocycles. The van der Waals surface area contributed by atoms with Gasteiger partial charge in [0, 0.05) is 59.8 Å². The van der Waals surface area contributed by atoms with Crippen LogP contribution in [0, 0.1) is 0 Å². The van der Waals surface area contributed by atoms with Gasteiger partial charge >= 0.3 is 17.9 Å². The zero-order valence-corrected chi connectivity index (χ0v) is 29.9. The zero-order chi connectivity index (χ0) is 36.5. The number of hydrogen-bond acceptors (Lipinski definition) is 13. The molecule has 0 aromatic carbocycles. The highest BCUT2D eigenvalue weighted by atomic mass is 16.7. The predicted molar refractivity (Wildman–Crippen MR) is 180 cm³/mol. The summed E-state index contributed by atoms with van der Waals surface area (Å²) in [4.78, 5) is 36.9. The maximum atomic E-state index is 12.5. The van der Waals surface area contributed by atoms with E-state index in [2.05, 4.69) is 24.1 Å². The van der Waals surface area contributed by atoms with E-state index in [0.717, 1.165) is 51.4 Å². The number of aliphatic carboxylic acids is 1. The summed E-state index contributed by atoms with van der Waals surface area (Å²) < 4.78 is 33.0. The van der Waals surface area contributed by atoms with Gasteiger partial charge in [0.2, 0.25) is 17.3 Å². The molecule has 0 amide bonds. The van der Waals surface area contributed by atoms with E-state index in [-0.39, 0.29) is 31.4 Å². The number of rotatable bonds is 22. The smallest absolute Gasteiger partial charge is 0.371 e. The van der Waals surface area contributed by atoms with E-state index in [1.165, 1.54) is 40.4 Å². The van der Waals surface area contributed by atoms with Gasteiger partial charge in [-0.05, 0) is 18.9 Å². The first-order valence-corrected chi connectivity index (χ1v) is 17.3. The Morgan fingerprint density at radius 3 is 1.76 bits per heavy atom. The Labute approximate surface area is 289 Å². The van der Waals surface area contributed by atoms with E-state index < -0.39 is 59.7 Å². The van der Waals surface area contributed by atoms with Gasteiger partial charge in [-0.2, -0.15) is 10.2 Å². The van der Waals surface area contributed by atoms with Gasteiger partial charge in [-0.15, -0.1) is 0 Å². The second-order valence-corrected chi connectivity index (χ2v) is 12.7. The fourth-order valence-corrected chi connectivity index (χ4v) is 5.78. The van der Waals surface area contributed by atoms with Gasteiger partial charge in [0.15, 0.2) is 12.2 Å². The Hall–Kier alpha value is -3.33.